The van der Waals surface area contributed by atoms with Crippen molar-refractivity contribution in [3.8, 4) is 0 Å². The second-order valence-corrected chi connectivity index (χ2v) is 8.64. The smallest absolute Gasteiger partial charge is 0.305 e. The van der Waals surface area contributed by atoms with Crippen LogP contribution in [0.3, 0.4) is 0 Å². The molecule has 7 heteroatoms. The van der Waals surface area contributed by atoms with Crippen LogP contribution in [-0.4, -0.2) is 65.0 Å². The number of rotatable bonds is 15. The number of unbranched alkanes of at least 4 members (excludes halogenated alkanes) is 1. The average molecular weight is 471 g/mol. The molecule has 2 atom stereocenters. The summed E-state index contributed by atoms with van der Waals surface area (Å²) < 4.78 is 5.42. The highest BCUT2D eigenvalue weighted by Gasteiger charge is 2.35. The summed E-state index contributed by atoms with van der Waals surface area (Å²) in [5.41, 5.74) is 0.963. The molecule has 0 aromatic heterocycles. The van der Waals surface area contributed by atoms with Gasteiger partial charge in [-0.1, -0.05) is 42.5 Å². The van der Waals surface area contributed by atoms with Crippen molar-refractivity contribution in [2.24, 2.45) is 5.92 Å². The average Bonchev–Trinajstić information content (AvgIpc) is 3.31. The number of aliphatic hydroxyl groups excluding tert-OH is 1. The van der Waals surface area contributed by atoms with Gasteiger partial charge in [-0.2, -0.15) is 0 Å². The number of hydrogen-bond donors (Lipinski definition) is 1. The maximum Gasteiger partial charge on any atom is 0.305 e. The molecule has 1 fully saturated rings. The Hall–Kier alpha value is -2.93. The van der Waals surface area contributed by atoms with E-state index in [1.165, 1.54) is 0 Å². The molecule has 1 aromatic rings. The van der Waals surface area contributed by atoms with Crippen LogP contribution in [0.15, 0.2) is 55.6 Å². The minimum Gasteiger partial charge on any atom is -0.463 e. The first-order chi connectivity index (χ1) is 16.5. The summed E-state index contributed by atoms with van der Waals surface area (Å²) >= 11 is 0. The fraction of sp³-hybridized carbons (Fsp3) is 0.519. The van der Waals surface area contributed by atoms with Crippen LogP contribution in [-0.2, 0) is 25.7 Å². The van der Waals surface area contributed by atoms with E-state index in [2.05, 4.69) is 13.2 Å². The molecule has 0 radical (unpaired) electrons. The van der Waals surface area contributed by atoms with Crippen molar-refractivity contribution in [3.63, 3.8) is 0 Å². The van der Waals surface area contributed by atoms with Crippen molar-refractivity contribution in [1.29, 1.82) is 0 Å². The zero-order chi connectivity index (χ0) is 24.8. The van der Waals surface area contributed by atoms with Crippen LogP contribution in [0.5, 0.6) is 0 Å². The van der Waals surface area contributed by atoms with Gasteiger partial charge in [0.2, 0.25) is 11.8 Å². The number of hydrogen-bond acceptors (Lipinski definition) is 5. The zero-order valence-electron chi connectivity index (χ0n) is 20.1. The first kappa shape index (κ1) is 27.3. The number of aliphatic hydroxyl groups is 1. The summed E-state index contributed by atoms with van der Waals surface area (Å²) in [6, 6.07) is 9.40. The molecule has 2 amide bonds. The molecule has 1 N–H and O–H groups in total. The van der Waals surface area contributed by atoms with Gasteiger partial charge in [0.15, 0.2) is 0 Å². The molecule has 0 saturated carbocycles. The maximum absolute atomic E-state index is 13.4. The Morgan fingerprint density at radius 1 is 1.21 bits per heavy atom. The molecule has 34 heavy (non-hydrogen) atoms. The Morgan fingerprint density at radius 2 is 1.97 bits per heavy atom. The van der Waals surface area contributed by atoms with Crippen molar-refractivity contribution >= 4 is 17.8 Å². The lowest BCUT2D eigenvalue weighted by Gasteiger charge is -2.29. The third-order valence-electron chi connectivity index (χ3n) is 6.05. The maximum atomic E-state index is 13.4. The summed E-state index contributed by atoms with van der Waals surface area (Å²) in [7, 11) is 0. The first-order valence-electron chi connectivity index (χ1n) is 12.1. The molecule has 1 aromatic carbocycles. The van der Waals surface area contributed by atoms with Gasteiger partial charge in [-0.3, -0.25) is 14.4 Å². The van der Waals surface area contributed by atoms with E-state index >= 15 is 0 Å². The van der Waals surface area contributed by atoms with Crippen LogP contribution < -0.4 is 0 Å². The van der Waals surface area contributed by atoms with Crippen LogP contribution in [0.25, 0.3) is 0 Å². The van der Waals surface area contributed by atoms with Gasteiger partial charge in [0.1, 0.15) is 6.61 Å². The molecule has 0 aliphatic carbocycles. The van der Waals surface area contributed by atoms with E-state index in [1.807, 2.05) is 30.3 Å². The normalized spacial score (nSPS) is 16.0. The van der Waals surface area contributed by atoms with Crippen LogP contribution in [0, 0.1) is 5.92 Å². The largest absolute Gasteiger partial charge is 0.463 e. The number of esters is 1. The Bertz CT molecular complexity index is 810. The van der Waals surface area contributed by atoms with E-state index < -0.39 is 5.92 Å². The number of benzene rings is 1. The molecule has 2 unspecified atom stereocenters. The molecule has 1 heterocycles. The number of carbonyl (C=O) groups excluding carboxylic acids is 3. The van der Waals surface area contributed by atoms with Gasteiger partial charge >= 0.3 is 5.97 Å². The highest BCUT2D eigenvalue weighted by atomic mass is 16.5. The second-order valence-electron chi connectivity index (χ2n) is 8.64. The predicted octanol–water partition coefficient (Wildman–Crippen LogP) is 3.48. The summed E-state index contributed by atoms with van der Waals surface area (Å²) in [5.74, 6) is -1.09. The predicted molar refractivity (Wildman–Crippen MR) is 132 cm³/mol. The van der Waals surface area contributed by atoms with Gasteiger partial charge in [0, 0.05) is 32.5 Å². The van der Waals surface area contributed by atoms with Crippen LogP contribution in [0.2, 0.25) is 0 Å². The van der Waals surface area contributed by atoms with Gasteiger partial charge in [-0.15, -0.1) is 13.2 Å². The quantitative estimate of drug-likeness (QED) is 0.241. The number of carbonyl (C=O) groups is 3. The Kier molecular flexibility index (Phi) is 12.1. The summed E-state index contributed by atoms with van der Waals surface area (Å²) in [5, 5.41) is 9.46. The Morgan fingerprint density at radius 3 is 2.65 bits per heavy atom. The minimum atomic E-state index is -0.536. The molecule has 1 aliphatic heterocycles. The number of amides is 2. The van der Waals surface area contributed by atoms with Gasteiger partial charge in [-0.25, -0.2) is 0 Å². The molecular formula is C27H38N2O5. The Balaban J connectivity index is 1.99. The van der Waals surface area contributed by atoms with Gasteiger partial charge in [0.05, 0.1) is 18.6 Å². The molecule has 0 spiro atoms. The monoisotopic (exact) mass is 470 g/mol. The van der Waals surface area contributed by atoms with E-state index in [0.29, 0.717) is 32.4 Å². The minimum absolute atomic E-state index is 0.0439. The number of ether oxygens (including phenoxy) is 1. The van der Waals surface area contributed by atoms with E-state index in [-0.39, 0.29) is 50.0 Å². The van der Waals surface area contributed by atoms with Crippen LogP contribution >= 0.6 is 0 Å². The number of likely N-dealkylation sites (tertiary alicyclic amines) is 1. The third-order valence-corrected chi connectivity index (χ3v) is 6.05. The summed E-state index contributed by atoms with van der Waals surface area (Å²) in [6.45, 7) is 8.62. The molecular weight excluding hydrogens is 432 g/mol. The fourth-order valence-corrected chi connectivity index (χ4v) is 4.21. The summed E-state index contributed by atoms with van der Waals surface area (Å²) in [6.07, 6.45) is 7.26. The molecule has 7 nitrogen and oxygen atoms in total. The number of allylic oxidation sites excluding steroid dienone is 2. The van der Waals surface area contributed by atoms with E-state index in [1.54, 1.807) is 22.0 Å². The van der Waals surface area contributed by atoms with Crippen molar-refractivity contribution in [3.05, 3.63) is 61.2 Å². The van der Waals surface area contributed by atoms with Gasteiger partial charge in [0.25, 0.3) is 0 Å². The molecule has 1 aliphatic rings. The van der Waals surface area contributed by atoms with Gasteiger partial charge < -0.3 is 19.6 Å². The Labute approximate surface area is 203 Å². The highest BCUT2D eigenvalue weighted by Crippen LogP contribution is 2.24. The highest BCUT2D eigenvalue weighted by molar-refractivity contribution is 5.86. The lowest BCUT2D eigenvalue weighted by atomic mass is 9.98. The SMILES string of the molecule is C=CCCCC(=O)OCC1CCCN1C(=O)C(CC=C)CC(=O)N(CCO)Cc1ccccc1. The van der Waals surface area contributed by atoms with E-state index in [9.17, 15) is 19.5 Å². The van der Waals surface area contributed by atoms with Crippen molar-refractivity contribution in [2.75, 3.05) is 26.3 Å². The van der Waals surface area contributed by atoms with Crippen molar-refractivity contribution in [2.45, 2.75) is 57.5 Å². The molecule has 0 bridgehead atoms. The van der Waals surface area contributed by atoms with Gasteiger partial charge in [-0.05, 0) is 37.7 Å². The number of nitrogens with zero attached hydrogens (tertiary/aromatic N) is 2. The van der Waals surface area contributed by atoms with E-state index in [4.69, 9.17) is 4.74 Å². The fourth-order valence-electron chi connectivity index (χ4n) is 4.21. The second kappa shape index (κ2) is 15.1. The van der Waals surface area contributed by atoms with Crippen LogP contribution in [0.4, 0.5) is 0 Å². The van der Waals surface area contributed by atoms with Crippen molar-refractivity contribution < 1.29 is 24.2 Å². The molecule has 186 valence electrons. The zero-order valence-corrected chi connectivity index (χ0v) is 20.1. The topological polar surface area (TPSA) is 87.2 Å². The third kappa shape index (κ3) is 8.78. The van der Waals surface area contributed by atoms with Crippen LogP contribution in [0.1, 0.15) is 50.5 Å². The molecule has 1 saturated heterocycles. The summed E-state index contributed by atoms with van der Waals surface area (Å²) in [4.78, 5) is 41.8. The lowest BCUT2D eigenvalue weighted by Crippen LogP contribution is -2.44. The van der Waals surface area contributed by atoms with Crippen molar-refractivity contribution in [1.82, 2.24) is 9.80 Å². The first-order valence-corrected chi connectivity index (χ1v) is 12.1. The standard InChI is InChI=1S/C27H38N2O5/c1-3-5-7-15-26(32)34-21-24-14-10-16-29(24)27(33)23(11-4-2)19-25(31)28(17-18-30)20-22-12-8-6-9-13-22/h3-4,6,8-9,12-13,23-24,30H,1-2,5,7,10-11,14-21H2. The van der Waals surface area contributed by atoms with E-state index in [0.717, 1.165) is 24.8 Å². The molecule has 2 rings (SSSR count). The lowest BCUT2D eigenvalue weighted by molar-refractivity contribution is -0.149.